The monoisotopic (exact) mass is 1030 g/mol. The number of aromatic nitrogens is 8. The molecule has 0 atom stereocenters. The molecule has 13 rings (SSSR count). The zero-order chi connectivity index (χ0) is 49.2. The largest absolute Gasteiger partial charge is 0.335 e. The SMILES string of the molecule is C/C=C\C(=C/C)c1ccnc2c1ccc1c(-c3ccccc3)ccnc12.CC.[Ru].c1ccc(-c2ccnc3c2ccc2c(-c4ccccc4)ccnc23)cc1.c1ccc2[nH]c(-c3nc4ccccc4[nH]3)nc2c1. The molecule has 7 aromatic carbocycles. The van der Waals surface area contributed by atoms with Gasteiger partial charge in [-0.2, -0.15) is 0 Å². The number of rotatable bonds is 6. The molecule has 0 aliphatic carbocycles. The number of pyridine rings is 4. The molecule has 2 N–H and O–H groups in total. The molecule has 6 heterocycles. The number of fused-ring (bicyclic) bond motifs is 8. The molecule has 13 aromatic rings. The fourth-order valence-corrected chi connectivity index (χ4v) is 9.17. The van der Waals surface area contributed by atoms with Crippen LogP contribution < -0.4 is 0 Å². The van der Waals surface area contributed by atoms with Crippen LogP contribution >= 0.6 is 0 Å². The number of H-pyrrole nitrogens is 2. The van der Waals surface area contributed by atoms with E-state index >= 15 is 0 Å². The number of hydrogen-bond acceptors (Lipinski definition) is 6. The van der Waals surface area contributed by atoms with E-state index in [9.17, 15) is 0 Å². The Hall–Kier alpha value is -8.78. The molecule has 0 saturated carbocycles. The van der Waals surface area contributed by atoms with Gasteiger partial charge in [-0.05, 0) is 107 Å². The van der Waals surface area contributed by atoms with Crippen LogP contribution in [-0.2, 0) is 19.5 Å². The van der Waals surface area contributed by atoms with Crippen molar-refractivity contribution in [3.63, 3.8) is 0 Å². The summed E-state index contributed by atoms with van der Waals surface area (Å²) < 4.78 is 0. The quantitative estimate of drug-likeness (QED) is 0.0976. The molecule has 0 aliphatic heterocycles. The van der Waals surface area contributed by atoms with Crippen LogP contribution in [0.4, 0.5) is 0 Å². The van der Waals surface area contributed by atoms with E-state index < -0.39 is 0 Å². The number of hydrogen-bond donors (Lipinski definition) is 2. The third kappa shape index (κ3) is 10.2. The van der Waals surface area contributed by atoms with Crippen molar-refractivity contribution in [2.75, 3.05) is 0 Å². The van der Waals surface area contributed by atoms with Gasteiger partial charge in [0.2, 0.25) is 0 Å². The van der Waals surface area contributed by atoms with Gasteiger partial charge in [-0.3, -0.25) is 19.9 Å². The topological polar surface area (TPSA) is 109 Å². The fraction of sp³-hybridized carbons (Fsp3) is 0.0625. The first kappa shape index (κ1) is 49.2. The molecule has 0 unspecified atom stereocenters. The summed E-state index contributed by atoms with van der Waals surface area (Å²) in [5, 5.41) is 4.51. The summed E-state index contributed by atoms with van der Waals surface area (Å²) in [5.41, 5.74) is 17.2. The Labute approximate surface area is 437 Å². The van der Waals surface area contributed by atoms with Gasteiger partial charge in [0.05, 0.1) is 44.1 Å². The molecule has 356 valence electrons. The molecule has 0 spiro atoms. The first-order chi connectivity index (χ1) is 35.6. The Bertz CT molecular complexity index is 3800. The standard InChI is InChI=1S/C24H16N2.C24H20N2.C14H10N4.C2H6.Ru/c1-3-7-17(8-4-1)19-13-15-25-23-21(19)11-12-22-20(14-16-26-24(22)23)18-9-5-2-6-10-18;1-3-8-17(4-2)19-13-15-25-23-21(19)11-12-22-20(14-16-26-24(22)23)18-9-6-5-7-10-18;1-2-6-10-9(5-1)15-13(16-10)14-17-11-7-3-4-8-12(11)18-14;1-2;/h1-16H;3-16H,1-2H3;1-8H,(H,15,16)(H,17,18);1-2H3;/b;8-3-,17-4+;;;. The maximum absolute atomic E-state index is 4.67. The molecule has 0 aliphatic rings. The van der Waals surface area contributed by atoms with Gasteiger partial charge in [0, 0.05) is 65.8 Å². The summed E-state index contributed by atoms with van der Waals surface area (Å²) in [6.45, 7) is 8.10. The van der Waals surface area contributed by atoms with Gasteiger partial charge in [0.1, 0.15) is 0 Å². The van der Waals surface area contributed by atoms with Gasteiger partial charge in [0.15, 0.2) is 11.6 Å². The number of para-hydroxylation sites is 4. The van der Waals surface area contributed by atoms with Crippen LogP contribution in [-0.4, -0.2) is 39.9 Å². The normalized spacial score (nSPS) is 11.2. The molecule has 0 bridgehead atoms. The smallest absolute Gasteiger partial charge is 0.174 e. The molecule has 6 aromatic heterocycles. The molecule has 0 saturated heterocycles. The summed E-state index contributed by atoms with van der Waals surface area (Å²) in [4.78, 5) is 34.3. The van der Waals surface area contributed by atoms with Crippen molar-refractivity contribution in [3.8, 4) is 45.0 Å². The molecular weight excluding hydrogens is 982 g/mol. The molecule has 9 heteroatoms. The van der Waals surface area contributed by atoms with Crippen molar-refractivity contribution in [3.05, 3.63) is 237 Å². The first-order valence-corrected chi connectivity index (χ1v) is 24.3. The Morgan fingerprint density at radius 2 is 0.726 bits per heavy atom. The number of allylic oxidation sites excluding steroid dienone is 4. The van der Waals surface area contributed by atoms with Crippen molar-refractivity contribution >= 4 is 71.3 Å². The summed E-state index contributed by atoms with van der Waals surface area (Å²) >= 11 is 0. The summed E-state index contributed by atoms with van der Waals surface area (Å²) in [5.74, 6) is 1.54. The summed E-state index contributed by atoms with van der Waals surface area (Å²) in [6.07, 6.45) is 13.8. The molecule has 8 nitrogen and oxygen atoms in total. The van der Waals surface area contributed by atoms with Crippen LogP contribution in [0.15, 0.2) is 231 Å². The second kappa shape index (κ2) is 23.0. The third-order valence-electron chi connectivity index (χ3n) is 12.5. The molecule has 73 heavy (non-hydrogen) atoms. The van der Waals surface area contributed by atoms with Crippen LogP contribution in [0.1, 0.15) is 33.3 Å². The fourth-order valence-electron chi connectivity index (χ4n) is 9.17. The van der Waals surface area contributed by atoms with Gasteiger partial charge in [0.25, 0.3) is 0 Å². The first-order valence-electron chi connectivity index (χ1n) is 24.3. The molecule has 0 amide bonds. The minimum Gasteiger partial charge on any atom is -0.335 e. The molecule has 0 fully saturated rings. The van der Waals surface area contributed by atoms with Crippen molar-refractivity contribution in [2.24, 2.45) is 0 Å². The zero-order valence-electron chi connectivity index (χ0n) is 41.0. The number of benzene rings is 7. The maximum atomic E-state index is 4.67. The van der Waals surface area contributed by atoms with E-state index in [4.69, 9.17) is 0 Å². The third-order valence-corrected chi connectivity index (χ3v) is 12.5. The van der Waals surface area contributed by atoms with Gasteiger partial charge in [-0.25, -0.2) is 9.97 Å². The predicted octanol–water partition coefficient (Wildman–Crippen LogP) is 16.7. The van der Waals surface area contributed by atoms with E-state index in [0.717, 1.165) is 77.3 Å². The minimum atomic E-state index is 0. The van der Waals surface area contributed by atoms with Crippen LogP contribution in [0.5, 0.6) is 0 Å². The predicted molar refractivity (Wildman–Crippen MR) is 301 cm³/mol. The van der Waals surface area contributed by atoms with Crippen LogP contribution in [0.3, 0.4) is 0 Å². The van der Waals surface area contributed by atoms with Crippen LogP contribution in [0.2, 0.25) is 0 Å². The van der Waals surface area contributed by atoms with Crippen molar-refractivity contribution in [1.29, 1.82) is 0 Å². The second-order valence-electron chi connectivity index (χ2n) is 16.7. The van der Waals surface area contributed by atoms with Gasteiger partial charge < -0.3 is 9.97 Å². The molecular formula is C64H52N8Ru. The minimum absolute atomic E-state index is 0. The Morgan fingerprint density at radius 3 is 1.10 bits per heavy atom. The van der Waals surface area contributed by atoms with E-state index in [1.165, 1.54) is 44.5 Å². The van der Waals surface area contributed by atoms with E-state index in [1.54, 1.807) is 0 Å². The molecule has 0 radical (unpaired) electrons. The van der Waals surface area contributed by atoms with Crippen molar-refractivity contribution in [1.82, 2.24) is 39.9 Å². The second-order valence-corrected chi connectivity index (χ2v) is 16.7. The maximum Gasteiger partial charge on any atom is 0.174 e. The van der Waals surface area contributed by atoms with Crippen molar-refractivity contribution < 1.29 is 19.5 Å². The van der Waals surface area contributed by atoms with Crippen LogP contribution in [0, 0.1) is 0 Å². The van der Waals surface area contributed by atoms with E-state index in [0.29, 0.717) is 0 Å². The Balaban J connectivity index is 0.000000134. The number of nitrogens with zero attached hydrogens (tertiary/aromatic N) is 6. The van der Waals surface area contributed by atoms with E-state index in [-0.39, 0.29) is 19.5 Å². The average Bonchev–Trinajstić information content (AvgIpc) is 4.11. The number of imidazole rings is 2. The number of aromatic amines is 2. The van der Waals surface area contributed by atoms with Gasteiger partial charge in [-0.15, -0.1) is 0 Å². The number of nitrogens with one attached hydrogen (secondary N) is 2. The summed E-state index contributed by atoms with van der Waals surface area (Å²) in [7, 11) is 0. The zero-order valence-corrected chi connectivity index (χ0v) is 42.7. The van der Waals surface area contributed by atoms with E-state index in [2.05, 4.69) is 186 Å². The van der Waals surface area contributed by atoms with Gasteiger partial charge >= 0.3 is 0 Å². The Morgan fingerprint density at radius 1 is 0.384 bits per heavy atom. The van der Waals surface area contributed by atoms with Gasteiger partial charge in [-0.1, -0.05) is 172 Å². The van der Waals surface area contributed by atoms with Crippen LogP contribution in [0.25, 0.3) is 116 Å². The average molecular weight is 1030 g/mol. The van der Waals surface area contributed by atoms with E-state index in [1.807, 2.05) is 112 Å². The summed E-state index contributed by atoms with van der Waals surface area (Å²) in [6, 6.07) is 64.2. The Kier molecular flexibility index (Phi) is 15.5. The van der Waals surface area contributed by atoms with Crippen molar-refractivity contribution in [2.45, 2.75) is 27.7 Å².